The first-order valence-corrected chi connectivity index (χ1v) is 17.8. The van der Waals surface area contributed by atoms with E-state index in [0.717, 1.165) is 56.6 Å². The molecular formula is C49H37N3. The van der Waals surface area contributed by atoms with Crippen molar-refractivity contribution in [1.82, 2.24) is 4.57 Å². The summed E-state index contributed by atoms with van der Waals surface area (Å²) in [5.74, 6) is 2.15. The highest BCUT2D eigenvalue weighted by Crippen LogP contribution is 2.55. The van der Waals surface area contributed by atoms with Crippen LogP contribution in [-0.4, -0.2) is 4.57 Å². The summed E-state index contributed by atoms with van der Waals surface area (Å²) in [4.78, 5) is 4.90. The molecule has 0 spiro atoms. The average Bonchev–Trinajstić information content (AvgIpc) is 3.51. The van der Waals surface area contributed by atoms with Crippen LogP contribution in [0.2, 0.25) is 0 Å². The van der Waals surface area contributed by atoms with Gasteiger partial charge in [-0.05, 0) is 58.3 Å². The number of hydrogen-bond donors (Lipinski definition) is 0. The molecule has 0 bridgehead atoms. The number of anilines is 6. The van der Waals surface area contributed by atoms with Gasteiger partial charge in [-0.15, -0.1) is 0 Å². The molecule has 248 valence electrons. The third-order valence-electron chi connectivity index (χ3n) is 9.92. The summed E-state index contributed by atoms with van der Waals surface area (Å²) in [7, 11) is 2.23. The molecule has 1 heterocycles. The summed E-state index contributed by atoms with van der Waals surface area (Å²) in [6.07, 6.45) is 0. The van der Waals surface area contributed by atoms with E-state index < -0.39 is 0 Å². The standard InChI is InChI=1S/C49H37N3/c1-50-48(51(40-28-10-4-11-29-40)44-34-18-26-36-20-14-16-32-42(36)44)46(38-22-6-2-7-23-38)47(39-24-8-3-9-25-39)49(50)52(41-30-12-5-13-31-41)45-35-19-27-37-21-15-17-33-43(37)45/h2-35H,1H3. The lowest BCUT2D eigenvalue weighted by Gasteiger charge is -2.31. The zero-order valence-corrected chi connectivity index (χ0v) is 29.0. The summed E-state index contributed by atoms with van der Waals surface area (Å²) < 4.78 is 2.41. The fourth-order valence-corrected chi connectivity index (χ4v) is 7.65. The van der Waals surface area contributed by atoms with Gasteiger partial charge in [-0.25, -0.2) is 0 Å². The lowest BCUT2D eigenvalue weighted by Crippen LogP contribution is -2.18. The van der Waals surface area contributed by atoms with E-state index in [2.05, 4.69) is 228 Å². The highest BCUT2D eigenvalue weighted by atomic mass is 15.3. The number of fused-ring (bicyclic) bond motifs is 2. The minimum Gasteiger partial charge on any atom is -0.315 e. The van der Waals surface area contributed by atoms with Gasteiger partial charge in [-0.3, -0.25) is 9.80 Å². The van der Waals surface area contributed by atoms with Crippen molar-refractivity contribution >= 4 is 55.9 Å². The largest absolute Gasteiger partial charge is 0.315 e. The molecule has 0 saturated carbocycles. The van der Waals surface area contributed by atoms with E-state index >= 15 is 0 Å². The first-order valence-electron chi connectivity index (χ1n) is 17.8. The molecular weight excluding hydrogens is 631 g/mol. The van der Waals surface area contributed by atoms with Crippen molar-refractivity contribution in [2.75, 3.05) is 9.80 Å². The predicted octanol–water partition coefficient (Wildman–Crippen LogP) is 13.6. The van der Waals surface area contributed by atoms with Crippen LogP contribution < -0.4 is 9.80 Å². The maximum absolute atomic E-state index is 2.45. The van der Waals surface area contributed by atoms with E-state index in [4.69, 9.17) is 0 Å². The Morgan fingerprint density at radius 2 is 0.654 bits per heavy atom. The molecule has 0 atom stereocenters. The maximum Gasteiger partial charge on any atom is 0.127 e. The van der Waals surface area contributed by atoms with Crippen molar-refractivity contribution in [2.24, 2.45) is 7.05 Å². The molecule has 0 aliphatic heterocycles. The molecule has 9 aromatic rings. The van der Waals surface area contributed by atoms with E-state index in [-0.39, 0.29) is 0 Å². The lowest BCUT2D eigenvalue weighted by molar-refractivity contribution is 0.903. The van der Waals surface area contributed by atoms with Gasteiger partial charge in [0.1, 0.15) is 11.6 Å². The molecule has 0 aliphatic carbocycles. The van der Waals surface area contributed by atoms with Crippen LogP contribution in [0, 0.1) is 0 Å². The van der Waals surface area contributed by atoms with Crippen LogP contribution in [0.4, 0.5) is 34.4 Å². The topological polar surface area (TPSA) is 11.4 Å². The SMILES string of the molecule is Cn1c(N(c2ccccc2)c2cccc3ccccc23)c(-c2ccccc2)c(-c2ccccc2)c1N(c1ccccc1)c1cccc2ccccc12. The number of aromatic nitrogens is 1. The Kier molecular flexibility index (Phi) is 8.07. The molecule has 0 amide bonds. The van der Waals surface area contributed by atoms with Gasteiger partial charge >= 0.3 is 0 Å². The van der Waals surface area contributed by atoms with Crippen molar-refractivity contribution in [3.63, 3.8) is 0 Å². The molecule has 0 fully saturated rings. The van der Waals surface area contributed by atoms with Crippen molar-refractivity contribution in [1.29, 1.82) is 0 Å². The van der Waals surface area contributed by atoms with Crippen LogP contribution in [-0.2, 0) is 7.05 Å². The van der Waals surface area contributed by atoms with Crippen molar-refractivity contribution in [3.8, 4) is 22.3 Å². The Balaban J connectivity index is 1.48. The van der Waals surface area contributed by atoms with E-state index in [0.29, 0.717) is 0 Å². The van der Waals surface area contributed by atoms with E-state index in [1.807, 2.05) is 0 Å². The average molecular weight is 668 g/mol. The van der Waals surface area contributed by atoms with Crippen molar-refractivity contribution < 1.29 is 0 Å². The summed E-state index contributed by atoms with van der Waals surface area (Å²) in [6.45, 7) is 0. The molecule has 3 heteroatoms. The second-order valence-corrected chi connectivity index (χ2v) is 13.0. The summed E-state index contributed by atoms with van der Waals surface area (Å²) in [5, 5.41) is 4.76. The second kappa shape index (κ2) is 13.5. The summed E-state index contributed by atoms with van der Waals surface area (Å²) in [5.41, 5.74) is 8.99. The lowest BCUT2D eigenvalue weighted by atomic mass is 9.96. The molecule has 0 N–H and O–H groups in total. The quantitative estimate of drug-likeness (QED) is 0.160. The van der Waals surface area contributed by atoms with Crippen LogP contribution in [0.1, 0.15) is 0 Å². The fraction of sp³-hybridized carbons (Fsp3) is 0.0204. The van der Waals surface area contributed by atoms with Crippen LogP contribution in [0.25, 0.3) is 43.8 Å². The van der Waals surface area contributed by atoms with Gasteiger partial charge in [0.25, 0.3) is 0 Å². The molecule has 0 aliphatic rings. The fourth-order valence-electron chi connectivity index (χ4n) is 7.65. The molecule has 0 saturated heterocycles. The molecule has 52 heavy (non-hydrogen) atoms. The summed E-state index contributed by atoms with van der Waals surface area (Å²) in [6, 6.07) is 73.9. The number of nitrogens with zero attached hydrogens (tertiary/aromatic N) is 3. The van der Waals surface area contributed by atoms with Gasteiger partial charge in [0.2, 0.25) is 0 Å². The first-order chi connectivity index (χ1) is 25.8. The van der Waals surface area contributed by atoms with Crippen LogP contribution >= 0.6 is 0 Å². The minimum atomic E-state index is 1.07. The highest BCUT2D eigenvalue weighted by Gasteiger charge is 2.33. The van der Waals surface area contributed by atoms with Gasteiger partial charge in [0.15, 0.2) is 0 Å². The van der Waals surface area contributed by atoms with E-state index in [9.17, 15) is 0 Å². The van der Waals surface area contributed by atoms with Gasteiger partial charge in [-0.1, -0.05) is 170 Å². The van der Waals surface area contributed by atoms with Gasteiger partial charge in [-0.2, -0.15) is 0 Å². The molecule has 1 aromatic heterocycles. The number of hydrogen-bond acceptors (Lipinski definition) is 2. The summed E-state index contributed by atoms with van der Waals surface area (Å²) >= 11 is 0. The molecule has 8 aromatic carbocycles. The number of para-hydroxylation sites is 2. The minimum absolute atomic E-state index is 1.07. The van der Waals surface area contributed by atoms with Crippen molar-refractivity contribution in [2.45, 2.75) is 0 Å². The molecule has 0 unspecified atom stereocenters. The van der Waals surface area contributed by atoms with Crippen LogP contribution in [0.15, 0.2) is 206 Å². The zero-order valence-electron chi connectivity index (χ0n) is 29.0. The van der Waals surface area contributed by atoms with E-state index in [1.165, 1.54) is 21.5 Å². The van der Waals surface area contributed by atoms with Crippen LogP contribution in [0.3, 0.4) is 0 Å². The third kappa shape index (κ3) is 5.40. The van der Waals surface area contributed by atoms with Gasteiger partial charge in [0, 0.05) is 40.3 Å². The Morgan fingerprint density at radius 3 is 1.06 bits per heavy atom. The Bertz CT molecular complexity index is 2430. The van der Waals surface area contributed by atoms with Gasteiger partial charge < -0.3 is 4.57 Å². The smallest absolute Gasteiger partial charge is 0.127 e. The maximum atomic E-state index is 2.45. The Morgan fingerprint density at radius 1 is 0.327 bits per heavy atom. The number of rotatable bonds is 8. The monoisotopic (exact) mass is 667 g/mol. The van der Waals surface area contributed by atoms with Crippen molar-refractivity contribution in [3.05, 3.63) is 206 Å². The molecule has 0 radical (unpaired) electrons. The normalized spacial score (nSPS) is 11.2. The molecule has 3 nitrogen and oxygen atoms in total. The molecule has 9 rings (SSSR count). The number of benzene rings is 8. The Hall–Kier alpha value is -6.84. The highest BCUT2D eigenvalue weighted by molar-refractivity contribution is 6.09. The first kappa shape index (κ1) is 31.2. The van der Waals surface area contributed by atoms with E-state index in [1.54, 1.807) is 0 Å². The zero-order chi connectivity index (χ0) is 34.9. The van der Waals surface area contributed by atoms with Gasteiger partial charge in [0.05, 0.1) is 11.4 Å². The van der Waals surface area contributed by atoms with Crippen LogP contribution in [0.5, 0.6) is 0 Å². The predicted molar refractivity (Wildman–Crippen MR) is 221 cm³/mol. The third-order valence-corrected chi connectivity index (χ3v) is 9.92. The Labute approximate surface area is 304 Å². The second-order valence-electron chi connectivity index (χ2n) is 13.0.